The smallest absolute Gasteiger partial charge is 0.325 e. The summed E-state index contributed by atoms with van der Waals surface area (Å²) < 4.78 is 4.67. The Labute approximate surface area is 138 Å². The van der Waals surface area contributed by atoms with Crippen LogP contribution in [0.5, 0.6) is 0 Å². The van der Waals surface area contributed by atoms with Crippen LogP contribution in [0.1, 0.15) is 15.9 Å². The molecule has 1 aliphatic heterocycles. The fourth-order valence-corrected chi connectivity index (χ4v) is 2.48. The number of rotatable bonds is 3. The van der Waals surface area contributed by atoms with Crippen molar-refractivity contribution in [2.75, 3.05) is 13.7 Å². The molecular weight excluding hydrogens is 316 g/mol. The third-order valence-corrected chi connectivity index (χ3v) is 3.73. The van der Waals surface area contributed by atoms with Crippen molar-refractivity contribution >= 4 is 35.0 Å². The summed E-state index contributed by atoms with van der Waals surface area (Å²) in [7, 11) is 1.28. The number of nitrogens with zero attached hydrogens (tertiary/aromatic N) is 2. The van der Waals surface area contributed by atoms with Crippen LogP contribution in [-0.2, 0) is 9.53 Å². The van der Waals surface area contributed by atoms with Crippen molar-refractivity contribution in [2.45, 2.75) is 0 Å². The molecule has 6 heteroatoms. The van der Waals surface area contributed by atoms with Gasteiger partial charge in [0.15, 0.2) is 0 Å². The molecule has 0 atom stereocenters. The maximum Gasteiger partial charge on any atom is 0.325 e. The van der Waals surface area contributed by atoms with Gasteiger partial charge in [0.2, 0.25) is 0 Å². The zero-order chi connectivity index (χ0) is 16.4. The lowest BCUT2D eigenvalue weighted by Gasteiger charge is -2.15. The molecule has 0 saturated carbocycles. The molecule has 0 saturated heterocycles. The number of esters is 1. The highest BCUT2D eigenvalue weighted by molar-refractivity contribution is 6.30. The zero-order valence-electron chi connectivity index (χ0n) is 12.3. The van der Waals surface area contributed by atoms with Crippen LogP contribution in [0.3, 0.4) is 0 Å². The van der Waals surface area contributed by atoms with Gasteiger partial charge in [-0.2, -0.15) is 0 Å². The van der Waals surface area contributed by atoms with Crippen molar-refractivity contribution in [3.63, 3.8) is 0 Å². The molecule has 0 radical (unpaired) electrons. The molecule has 1 heterocycles. The average molecular weight is 329 g/mol. The van der Waals surface area contributed by atoms with E-state index >= 15 is 0 Å². The standard InChI is InChI=1S/C17H13ClN2O3/c1-23-15(21)10-20-16(19-12-8-6-11(18)7-9-12)13-4-2-3-5-14(13)17(20)22/h2-9H,10H2,1H3. The number of fused-ring (bicyclic) bond motifs is 1. The summed E-state index contributed by atoms with van der Waals surface area (Å²) in [5.74, 6) is -0.341. The van der Waals surface area contributed by atoms with Crippen LogP contribution in [0.25, 0.3) is 0 Å². The Morgan fingerprint density at radius 3 is 2.43 bits per heavy atom. The number of ether oxygens (including phenoxy) is 1. The van der Waals surface area contributed by atoms with Crippen LogP contribution in [0, 0.1) is 0 Å². The van der Waals surface area contributed by atoms with E-state index < -0.39 is 5.97 Å². The molecular formula is C17H13ClN2O3. The third-order valence-electron chi connectivity index (χ3n) is 3.48. The maximum atomic E-state index is 12.5. The predicted octanol–water partition coefficient (Wildman–Crippen LogP) is 3.05. The number of methoxy groups -OCH3 is 1. The minimum absolute atomic E-state index is 0.184. The highest BCUT2D eigenvalue weighted by atomic mass is 35.5. The van der Waals surface area contributed by atoms with Gasteiger partial charge in [0.1, 0.15) is 12.4 Å². The minimum atomic E-state index is -0.505. The number of benzene rings is 2. The summed E-state index contributed by atoms with van der Waals surface area (Å²) in [5, 5.41) is 0.600. The number of halogens is 1. The van der Waals surface area contributed by atoms with Crippen molar-refractivity contribution in [3.8, 4) is 0 Å². The third kappa shape index (κ3) is 2.96. The van der Waals surface area contributed by atoms with Gasteiger partial charge >= 0.3 is 5.97 Å². The van der Waals surface area contributed by atoms with Crippen LogP contribution in [0.4, 0.5) is 5.69 Å². The number of aliphatic imine (C=N–C) groups is 1. The van der Waals surface area contributed by atoms with Crippen molar-refractivity contribution in [1.82, 2.24) is 4.90 Å². The molecule has 2 aromatic carbocycles. The highest BCUT2D eigenvalue weighted by Gasteiger charge is 2.34. The van der Waals surface area contributed by atoms with E-state index in [-0.39, 0.29) is 12.5 Å². The molecule has 1 amide bonds. The minimum Gasteiger partial charge on any atom is -0.468 e. The molecule has 0 aromatic heterocycles. The molecule has 0 unspecified atom stereocenters. The Morgan fingerprint density at radius 1 is 1.13 bits per heavy atom. The number of amides is 1. The highest BCUT2D eigenvalue weighted by Crippen LogP contribution is 2.26. The van der Waals surface area contributed by atoms with E-state index in [4.69, 9.17) is 11.6 Å². The van der Waals surface area contributed by atoms with Crippen molar-refractivity contribution < 1.29 is 14.3 Å². The first-order valence-electron chi connectivity index (χ1n) is 6.92. The van der Waals surface area contributed by atoms with E-state index in [9.17, 15) is 9.59 Å². The van der Waals surface area contributed by atoms with Gasteiger partial charge in [-0.3, -0.25) is 14.5 Å². The quantitative estimate of drug-likeness (QED) is 0.814. The lowest BCUT2D eigenvalue weighted by Crippen LogP contribution is -2.35. The fraction of sp³-hybridized carbons (Fsp3) is 0.118. The summed E-state index contributed by atoms with van der Waals surface area (Å²) in [6.07, 6.45) is 0. The number of amidine groups is 1. The largest absolute Gasteiger partial charge is 0.468 e. The molecule has 3 rings (SSSR count). The Hall–Kier alpha value is -2.66. The Bertz CT molecular complexity index is 800. The van der Waals surface area contributed by atoms with E-state index in [1.165, 1.54) is 12.0 Å². The maximum absolute atomic E-state index is 12.5. The second-order valence-corrected chi connectivity index (χ2v) is 5.36. The Balaban J connectivity index is 2.07. The number of hydrogen-bond donors (Lipinski definition) is 0. The topological polar surface area (TPSA) is 59.0 Å². The molecule has 0 aliphatic carbocycles. The molecule has 0 fully saturated rings. The summed E-state index contributed by atoms with van der Waals surface area (Å²) in [6, 6.07) is 14.0. The van der Waals surface area contributed by atoms with Crippen LogP contribution in [0.15, 0.2) is 53.5 Å². The summed E-state index contributed by atoms with van der Waals surface area (Å²) in [5.41, 5.74) is 1.85. The van der Waals surface area contributed by atoms with Crippen LogP contribution in [-0.4, -0.2) is 36.3 Å². The van der Waals surface area contributed by atoms with Gasteiger partial charge in [0, 0.05) is 10.6 Å². The lowest BCUT2D eigenvalue weighted by atomic mass is 10.1. The van der Waals surface area contributed by atoms with Crippen LogP contribution >= 0.6 is 11.6 Å². The predicted molar refractivity (Wildman–Crippen MR) is 87.1 cm³/mol. The van der Waals surface area contributed by atoms with Crippen molar-refractivity contribution in [1.29, 1.82) is 0 Å². The van der Waals surface area contributed by atoms with E-state index in [1.807, 2.05) is 6.07 Å². The molecule has 1 aliphatic rings. The van der Waals surface area contributed by atoms with E-state index in [1.54, 1.807) is 42.5 Å². The molecule has 5 nitrogen and oxygen atoms in total. The van der Waals surface area contributed by atoms with Gasteiger partial charge in [-0.1, -0.05) is 29.8 Å². The summed E-state index contributed by atoms with van der Waals surface area (Å²) in [4.78, 5) is 30.0. The zero-order valence-corrected chi connectivity index (χ0v) is 13.1. The van der Waals surface area contributed by atoms with Gasteiger partial charge < -0.3 is 4.74 Å². The molecule has 116 valence electrons. The molecule has 23 heavy (non-hydrogen) atoms. The molecule has 0 bridgehead atoms. The first-order valence-corrected chi connectivity index (χ1v) is 7.30. The summed E-state index contributed by atoms with van der Waals surface area (Å²) in [6.45, 7) is -0.184. The van der Waals surface area contributed by atoms with Crippen LogP contribution in [0.2, 0.25) is 5.02 Å². The first-order chi connectivity index (χ1) is 11.1. The molecule has 0 spiro atoms. The van der Waals surface area contributed by atoms with Gasteiger partial charge in [-0.15, -0.1) is 0 Å². The fourth-order valence-electron chi connectivity index (χ4n) is 2.35. The second kappa shape index (κ2) is 6.22. The van der Waals surface area contributed by atoms with E-state index in [0.717, 1.165) is 0 Å². The molecule has 0 N–H and O–H groups in total. The Morgan fingerprint density at radius 2 is 1.78 bits per heavy atom. The number of hydrogen-bond acceptors (Lipinski definition) is 4. The normalized spacial score (nSPS) is 15.0. The number of carbonyl (C=O) groups is 2. The Kier molecular flexibility index (Phi) is 4.12. The van der Waals surface area contributed by atoms with E-state index in [2.05, 4.69) is 9.73 Å². The molecule has 2 aromatic rings. The van der Waals surface area contributed by atoms with Gasteiger partial charge in [-0.05, 0) is 30.3 Å². The summed E-state index contributed by atoms with van der Waals surface area (Å²) >= 11 is 5.87. The first kappa shape index (κ1) is 15.2. The SMILES string of the molecule is COC(=O)CN1C(=O)c2ccccc2C1=Nc1ccc(Cl)cc1. The van der Waals surface area contributed by atoms with Crippen LogP contribution < -0.4 is 0 Å². The monoisotopic (exact) mass is 328 g/mol. The van der Waals surface area contributed by atoms with Crippen molar-refractivity contribution in [2.24, 2.45) is 4.99 Å². The average Bonchev–Trinajstić information content (AvgIpc) is 2.83. The van der Waals surface area contributed by atoms with Gasteiger partial charge in [-0.25, -0.2) is 4.99 Å². The number of carbonyl (C=O) groups excluding carboxylic acids is 2. The lowest BCUT2D eigenvalue weighted by molar-refractivity contribution is -0.140. The van der Waals surface area contributed by atoms with Gasteiger partial charge in [0.25, 0.3) is 5.91 Å². The second-order valence-electron chi connectivity index (χ2n) is 4.92. The van der Waals surface area contributed by atoms with Crippen molar-refractivity contribution in [3.05, 3.63) is 64.7 Å². The van der Waals surface area contributed by atoms with E-state index in [0.29, 0.717) is 27.7 Å². The van der Waals surface area contributed by atoms with Gasteiger partial charge in [0.05, 0.1) is 18.4 Å².